The van der Waals surface area contributed by atoms with E-state index in [4.69, 9.17) is 10.2 Å². The number of benzene rings is 4. The van der Waals surface area contributed by atoms with E-state index in [2.05, 4.69) is 108 Å². The summed E-state index contributed by atoms with van der Waals surface area (Å²) in [5.74, 6) is 0.941. The highest BCUT2D eigenvalue weighted by Gasteiger charge is 2.22. The molecule has 1 aromatic heterocycles. The number of nitriles is 1. The van der Waals surface area contributed by atoms with E-state index in [1.54, 1.807) is 0 Å². The Bertz CT molecular complexity index is 1480. The topological polar surface area (TPSA) is 53.6 Å². The van der Waals surface area contributed by atoms with Crippen LogP contribution in [0.25, 0.3) is 45.0 Å². The van der Waals surface area contributed by atoms with Crippen molar-refractivity contribution in [1.82, 2.24) is 9.55 Å². The van der Waals surface area contributed by atoms with Crippen LogP contribution in [-0.4, -0.2) is 16.1 Å². The predicted molar refractivity (Wildman–Crippen MR) is 144 cm³/mol. The molecule has 0 aliphatic heterocycles. The second-order valence-corrected chi connectivity index (χ2v) is 8.25. The van der Waals surface area contributed by atoms with Gasteiger partial charge in [0.05, 0.1) is 17.5 Å². The van der Waals surface area contributed by atoms with E-state index in [0.717, 1.165) is 57.3 Å². The molecular formula is C31H26N4. The Labute approximate surface area is 206 Å². The van der Waals surface area contributed by atoms with Gasteiger partial charge in [-0.15, -0.1) is 0 Å². The quantitative estimate of drug-likeness (QED) is 0.259. The van der Waals surface area contributed by atoms with Gasteiger partial charge in [0.1, 0.15) is 12.4 Å². The van der Waals surface area contributed by atoms with E-state index in [0.29, 0.717) is 0 Å². The molecule has 0 spiro atoms. The Morgan fingerprint density at radius 2 is 1.37 bits per heavy atom. The summed E-state index contributed by atoms with van der Waals surface area (Å²) in [5.41, 5.74) is 8.52. The Balaban J connectivity index is 1.73. The maximum Gasteiger partial charge on any atom is 0.141 e. The first kappa shape index (κ1) is 22.2. The first-order valence-electron chi connectivity index (χ1n) is 11.8. The van der Waals surface area contributed by atoms with E-state index in [9.17, 15) is 0 Å². The van der Waals surface area contributed by atoms with Gasteiger partial charge in [-0.25, -0.2) is 4.98 Å². The maximum absolute atomic E-state index is 8.96. The average Bonchev–Trinajstić information content (AvgIpc) is 3.32. The minimum absolute atomic E-state index is 0.270. The number of nitrogens with zero attached hydrogens (tertiary/aromatic N) is 3. The van der Waals surface area contributed by atoms with Gasteiger partial charge >= 0.3 is 0 Å². The Kier molecular flexibility index (Phi) is 6.41. The van der Waals surface area contributed by atoms with Crippen molar-refractivity contribution in [2.75, 3.05) is 11.9 Å². The molecule has 0 unspecified atom stereocenters. The van der Waals surface area contributed by atoms with Crippen LogP contribution < -0.4 is 5.32 Å². The van der Waals surface area contributed by atoms with Crippen LogP contribution in [0.15, 0.2) is 109 Å². The van der Waals surface area contributed by atoms with Gasteiger partial charge in [-0.1, -0.05) is 97.1 Å². The Morgan fingerprint density at radius 1 is 0.743 bits per heavy atom. The monoisotopic (exact) mass is 454 g/mol. The standard InChI is InChI=1S/C31H26N4/c1-2-35-30(24-14-7-4-8-15-24)29(23-12-5-3-6-13-23)34-31(35)28-19-10-9-18-27(28)25-16-11-17-26(22-25)33-21-20-32/h3-19,22,33H,2,21H2,1H3. The molecule has 0 saturated heterocycles. The van der Waals surface area contributed by atoms with Crippen molar-refractivity contribution in [1.29, 1.82) is 5.26 Å². The third kappa shape index (κ3) is 4.45. The molecule has 5 rings (SSSR count). The number of nitrogens with one attached hydrogen (secondary N) is 1. The molecule has 170 valence electrons. The van der Waals surface area contributed by atoms with Crippen molar-refractivity contribution in [2.24, 2.45) is 0 Å². The second kappa shape index (κ2) is 10.1. The summed E-state index contributed by atoms with van der Waals surface area (Å²) in [6, 6.07) is 39.6. The van der Waals surface area contributed by atoms with Gasteiger partial charge in [-0.05, 0) is 30.2 Å². The first-order valence-corrected chi connectivity index (χ1v) is 11.8. The normalized spacial score (nSPS) is 10.6. The zero-order valence-electron chi connectivity index (χ0n) is 19.6. The van der Waals surface area contributed by atoms with Crippen molar-refractivity contribution in [3.8, 4) is 51.1 Å². The molecule has 5 aromatic rings. The smallest absolute Gasteiger partial charge is 0.141 e. The van der Waals surface area contributed by atoms with Crippen LogP contribution >= 0.6 is 0 Å². The fourth-order valence-electron chi connectivity index (χ4n) is 4.52. The summed E-state index contributed by atoms with van der Waals surface area (Å²) in [5, 5.41) is 12.1. The summed E-state index contributed by atoms with van der Waals surface area (Å²) >= 11 is 0. The van der Waals surface area contributed by atoms with Crippen LogP contribution in [0.3, 0.4) is 0 Å². The van der Waals surface area contributed by atoms with E-state index < -0.39 is 0 Å². The molecule has 0 radical (unpaired) electrons. The van der Waals surface area contributed by atoms with Crippen LogP contribution in [0.4, 0.5) is 5.69 Å². The van der Waals surface area contributed by atoms with Gasteiger partial charge in [0.15, 0.2) is 0 Å². The van der Waals surface area contributed by atoms with Crippen molar-refractivity contribution >= 4 is 5.69 Å². The maximum atomic E-state index is 8.96. The molecule has 1 N–H and O–H groups in total. The van der Waals surface area contributed by atoms with Crippen LogP contribution in [0, 0.1) is 11.3 Å². The summed E-state index contributed by atoms with van der Waals surface area (Å²) in [7, 11) is 0. The minimum Gasteiger partial charge on any atom is -0.372 e. The van der Waals surface area contributed by atoms with Gasteiger partial charge in [-0.2, -0.15) is 5.26 Å². The van der Waals surface area contributed by atoms with Crippen molar-refractivity contribution < 1.29 is 0 Å². The molecule has 0 aliphatic carbocycles. The SMILES string of the molecule is CCn1c(-c2ccccc2-c2cccc(NCC#N)c2)nc(-c2ccccc2)c1-c1ccccc1. The molecule has 4 nitrogen and oxygen atoms in total. The molecule has 4 aromatic carbocycles. The number of rotatable bonds is 7. The summed E-state index contributed by atoms with van der Waals surface area (Å²) in [6.45, 7) is 3.23. The van der Waals surface area contributed by atoms with Gasteiger partial charge in [-0.3, -0.25) is 0 Å². The van der Waals surface area contributed by atoms with Crippen LogP contribution in [0.2, 0.25) is 0 Å². The fraction of sp³-hybridized carbons (Fsp3) is 0.0968. The zero-order chi connectivity index (χ0) is 24.0. The molecule has 4 heteroatoms. The van der Waals surface area contributed by atoms with Gasteiger partial charge in [0, 0.05) is 28.9 Å². The van der Waals surface area contributed by atoms with E-state index in [1.807, 2.05) is 24.3 Å². The molecule has 0 atom stereocenters. The molecule has 35 heavy (non-hydrogen) atoms. The number of imidazole rings is 1. The minimum atomic E-state index is 0.270. The molecular weight excluding hydrogens is 428 g/mol. The predicted octanol–water partition coefficient (Wildman–Crippen LogP) is 7.51. The van der Waals surface area contributed by atoms with E-state index >= 15 is 0 Å². The molecule has 1 heterocycles. The number of hydrogen-bond donors (Lipinski definition) is 1. The van der Waals surface area contributed by atoms with E-state index in [-0.39, 0.29) is 6.54 Å². The highest BCUT2D eigenvalue weighted by molar-refractivity contribution is 5.87. The van der Waals surface area contributed by atoms with Crippen molar-refractivity contribution in [2.45, 2.75) is 13.5 Å². The van der Waals surface area contributed by atoms with Crippen molar-refractivity contribution in [3.05, 3.63) is 109 Å². The molecule has 0 fully saturated rings. The second-order valence-electron chi connectivity index (χ2n) is 8.25. The van der Waals surface area contributed by atoms with E-state index in [1.165, 1.54) is 0 Å². The van der Waals surface area contributed by atoms with Gasteiger partial charge < -0.3 is 9.88 Å². The highest BCUT2D eigenvalue weighted by Crippen LogP contribution is 2.39. The molecule has 0 amide bonds. The number of hydrogen-bond acceptors (Lipinski definition) is 3. The third-order valence-corrected chi connectivity index (χ3v) is 6.09. The van der Waals surface area contributed by atoms with Crippen LogP contribution in [0.5, 0.6) is 0 Å². The lowest BCUT2D eigenvalue weighted by atomic mass is 9.98. The zero-order valence-corrected chi connectivity index (χ0v) is 19.6. The first-order chi connectivity index (χ1) is 17.3. The third-order valence-electron chi connectivity index (χ3n) is 6.09. The summed E-state index contributed by atoms with van der Waals surface area (Å²) in [6.07, 6.45) is 0. The largest absolute Gasteiger partial charge is 0.372 e. The van der Waals surface area contributed by atoms with Gasteiger partial charge in [0.25, 0.3) is 0 Å². The Hall–Kier alpha value is -4.62. The molecule has 0 saturated carbocycles. The summed E-state index contributed by atoms with van der Waals surface area (Å²) < 4.78 is 2.31. The lowest BCUT2D eigenvalue weighted by molar-refractivity contribution is 0.778. The number of anilines is 1. The fourth-order valence-corrected chi connectivity index (χ4v) is 4.52. The van der Waals surface area contributed by atoms with Crippen LogP contribution in [-0.2, 0) is 6.54 Å². The lowest BCUT2D eigenvalue weighted by Gasteiger charge is -2.14. The van der Waals surface area contributed by atoms with Gasteiger partial charge in [0.2, 0.25) is 0 Å². The summed E-state index contributed by atoms with van der Waals surface area (Å²) in [4.78, 5) is 5.26. The highest BCUT2D eigenvalue weighted by atomic mass is 15.1. The number of aromatic nitrogens is 2. The van der Waals surface area contributed by atoms with Crippen molar-refractivity contribution in [3.63, 3.8) is 0 Å². The van der Waals surface area contributed by atoms with Crippen LogP contribution in [0.1, 0.15) is 6.92 Å². The molecule has 0 bridgehead atoms. The molecule has 0 aliphatic rings. The average molecular weight is 455 g/mol. The lowest BCUT2D eigenvalue weighted by Crippen LogP contribution is -2.01. The Morgan fingerprint density at radius 3 is 2.06 bits per heavy atom.